The molecule has 0 spiro atoms. The predicted molar refractivity (Wildman–Crippen MR) is 164 cm³/mol. The molecule has 2 aromatic heterocycles. The summed E-state index contributed by atoms with van der Waals surface area (Å²) in [5, 5.41) is 26.2. The Morgan fingerprint density at radius 2 is 1.80 bits per heavy atom. The number of nitrogens with zero attached hydrogens (tertiary/aromatic N) is 6. The molecule has 0 unspecified atom stereocenters. The van der Waals surface area contributed by atoms with Crippen molar-refractivity contribution in [2.45, 2.75) is 12.5 Å². The molecule has 12 nitrogen and oxygen atoms in total. The maximum absolute atomic E-state index is 13.3. The smallest absolute Gasteiger partial charge is 0.411 e. The standard InChI is InChI=1S/C31H27ClN8O4/c1-43-30-25(21-8-12-24(13-9-21)34-31(42)44-2)18-27(36-37-30)26(16-20-6-4-3-5-7-20)35-29(41)15-10-22-17-23(32)11-14-28(22)40-19-33-38-39-40/h3-15,17-19,26H,16H2,1-2H3,(H,34,42)(H,35,41)/t26-/m0/s1. The lowest BCUT2D eigenvalue weighted by molar-refractivity contribution is -0.117. The number of halogens is 1. The average Bonchev–Trinajstić information content (AvgIpc) is 3.59. The van der Waals surface area contributed by atoms with Gasteiger partial charge < -0.3 is 14.8 Å². The molecule has 5 aromatic rings. The first-order valence-corrected chi connectivity index (χ1v) is 13.7. The zero-order chi connectivity index (χ0) is 30.9. The van der Waals surface area contributed by atoms with Gasteiger partial charge in [0, 0.05) is 27.9 Å². The Kier molecular flexibility index (Phi) is 9.52. The lowest BCUT2D eigenvalue weighted by atomic mass is 10.00. The molecule has 222 valence electrons. The zero-order valence-electron chi connectivity index (χ0n) is 23.7. The number of methoxy groups -OCH3 is 2. The molecule has 44 heavy (non-hydrogen) atoms. The Morgan fingerprint density at radius 3 is 2.50 bits per heavy atom. The third-order valence-corrected chi connectivity index (χ3v) is 6.79. The molecule has 3 aromatic carbocycles. The van der Waals surface area contributed by atoms with E-state index >= 15 is 0 Å². The number of hydrogen-bond acceptors (Lipinski definition) is 9. The van der Waals surface area contributed by atoms with E-state index in [1.54, 1.807) is 36.4 Å². The maximum atomic E-state index is 13.3. The Labute approximate surface area is 257 Å². The normalized spacial score (nSPS) is 11.6. The van der Waals surface area contributed by atoms with Gasteiger partial charge >= 0.3 is 6.09 Å². The molecular formula is C31H27ClN8O4. The van der Waals surface area contributed by atoms with Crippen LogP contribution in [0.3, 0.4) is 0 Å². The minimum absolute atomic E-state index is 0.309. The highest BCUT2D eigenvalue weighted by molar-refractivity contribution is 6.30. The van der Waals surface area contributed by atoms with Gasteiger partial charge in [-0.1, -0.05) is 54.1 Å². The van der Waals surface area contributed by atoms with Crippen molar-refractivity contribution < 1.29 is 19.1 Å². The van der Waals surface area contributed by atoms with Gasteiger partial charge in [0.25, 0.3) is 0 Å². The summed E-state index contributed by atoms with van der Waals surface area (Å²) in [4.78, 5) is 24.9. The third kappa shape index (κ3) is 7.41. The Bertz CT molecular complexity index is 1760. The summed E-state index contributed by atoms with van der Waals surface area (Å²) in [7, 11) is 2.80. The SMILES string of the molecule is COC(=O)Nc1ccc(-c2cc([C@H](Cc3ccccc3)NC(=O)C=Cc3cc(Cl)ccc3-n3cnnn3)nnc2OC)cc1. The van der Waals surface area contributed by atoms with Gasteiger partial charge in [0.2, 0.25) is 11.8 Å². The molecule has 0 saturated carbocycles. The van der Waals surface area contributed by atoms with Crippen LogP contribution < -0.4 is 15.4 Å². The topological polar surface area (TPSA) is 146 Å². The van der Waals surface area contributed by atoms with Gasteiger partial charge in [0.05, 0.1) is 31.6 Å². The van der Waals surface area contributed by atoms with E-state index in [1.165, 1.54) is 31.3 Å². The number of carbonyl (C=O) groups is 2. The summed E-state index contributed by atoms with van der Waals surface area (Å²) in [5.41, 5.74) is 4.82. The third-order valence-electron chi connectivity index (χ3n) is 6.56. The van der Waals surface area contributed by atoms with Crippen molar-refractivity contribution in [3.05, 3.63) is 113 Å². The minimum Gasteiger partial charge on any atom is -0.479 e. The number of aromatic nitrogens is 6. The quantitative estimate of drug-likeness (QED) is 0.207. The molecule has 0 radical (unpaired) electrons. The highest BCUT2D eigenvalue weighted by atomic mass is 35.5. The number of rotatable bonds is 10. The van der Waals surface area contributed by atoms with Crippen molar-refractivity contribution in [1.82, 2.24) is 35.7 Å². The number of nitrogens with one attached hydrogen (secondary N) is 2. The molecule has 5 rings (SSSR count). The highest BCUT2D eigenvalue weighted by Crippen LogP contribution is 2.31. The number of anilines is 1. The van der Waals surface area contributed by atoms with Crippen LogP contribution in [-0.4, -0.2) is 56.6 Å². The summed E-state index contributed by atoms with van der Waals surface area (Å²) < 4.78 is 11.6. The lowest BCUT2D eigenvalue weighted by Crippen LogP contribution is -2.29. The van der Waals surface area contributed by atoms with Gasteiger partial charge in [0.1, 0.15) is 6.33 Å². The number of amides is 2. The maximum Gasteiger partial charge on any atom is 0.411 e. The van der Waals surface area contributed by atoms with Gasteiger partial charge in [0.15, 0.2) is 0 Å². The van der Waals surface area contributed by atoms with Crippen molar-refractivity contribution in [1.29, 1.82) is 0 Å². The van der Waals surface area contributed by atoms with E-state index in [1.807, 2.05) is 48.5 Å². The first-order chi connectivity index (χ1) is 21.4. The van der Waals surface area contributed by atoms with E-state index in [0.717, 1.165) is 11.1 Å². The fourth-order valence-electron chi connectivity index (χ4n) is 4.43. The number of hydrogen-bond donors (Lipinski definition) is 2. The molecule has 2 heterocycles. The van der Waals surface area contributed by atoms with E-state index in [-0.39, 0.29) is 5.91 Å². The predicted octanol–water partition coefficient (Wildman–Crippen LogP) is 5.07. The van der Waals surface area contributed by atoms with E-state index in [4.69, 9.17) is 16.3 Å². The van der Waals surface area contributed by atoms with Crippen LogP contribution in [0.2, 0.25) is 5.02 Å². The fraction of sp³-hybridized carbons (Fsp3) is 0.129. The van der Waals surface area contributed by atoms with Crippen LogP contribution in [0.5, 0.6) is 5.88 Å². The lowest BCUT2D eigenvalue weighted by Gasteiger charge is -2.19. The second-order valence-corrected chi connectivity index (χ2v) is 9.86. The van der Waals surface area contributed by atoms with Gasteiger partial charge in [-0.15, -0.1) is 15.3 Å². The first-order valence-electron chi connectivity index (χ1n) is 13.4. The molecule has 0 fully saturated rings. The number of ether oxygens (including phenoxy) is 2. The van der Waals surface area contributed by atoms with E-state index in [9.17, 15) is 9.59 Å². The largest absolute Gasteiger partial charge is 0.479 e. The Hall–Kier alpha value is -5.62. The molecule has 2 amide bonds. The van der Waals surface area contributed by atoms with Crippen LogP contribution in [0.15, 0.2) is 91.3 Å². The van der Waals surface area contributed by atoms with Crippen LogP contribution >= 0.6 is 11.6 Å². The summed E-state index contributed by atoms with van der Waals surface area (Å²) in [6, 6.07) is 23.3. The number of benzene rings is 3. The second-order valence-electron chi connectivity index (χ2n) is 9.43. The summed E-state index contributed by atoms with van der Waals surface area (Å²) in [6.45, 7) is 0. The summed E-state index contributed by atoms with van der Waals surface area (Å²) >= 11 is 6.23. The molecule has 0 saturated heterocycles. The second kappa shape index (κ2) is 14.0. The van der Waals surface area contributed by atoms with E-state index in [0.29, 0.717) is 45.5 Å². The molecule has 0 aliphatic rings. The van der Waals surface area contributed by atoms with Crippen LogP contribution in [-0.2, 0) is 16.0 Å². The van der Waals surface area contributed by atoms with Crippen molar-refractivity contribution in [2.75, 3.05) is 19.5 Å². The molecule has 0 aliphatic heterocycles. The van der Waals surface area contributed by atoms with Gasteiger partial charge in [-0.05, 0) is 70.4 Å². The average molecular weight is 611 g/mol. The van der Waals surface area contributed by atoms with E-state index in [2.05, 4.69) is 41.1 Å². The Balaban J connectivity index is 1.44. The first kappa shape index (κ1) is 29.9. The molecule has 1 atom stereocenters. The monoisotopic (exact) mass is 610 g/mol. The zero-order valence-corrected chi connectivity index (χ0v) is 24.5. The fourth-order valence-corrected chi connectivity index (χ4v) is 4.61. The van der Waals surface area contributed by atoms with Gasteiger partial charge in [-0.25, -0.2) is 4.79 Å². The van der Waals surface area contributed by atoms with Crippen LogP contribution in [0.1, 0.15) is 22.9 Å². The molecule has 0 aliphatic carbocycles. The minimum atomic E-state index is -0.571. The number of carbonyl (C=O) groups excluding carboxylic acids is 2. The van der Waals surface area contributed by atoms with Crippen LogP contribution in [0, 0.1) is 0 Å². The van der Waals surface area contributed by atoms with Gasteiger partial charge in [-0.2, -0.15) is 4.68 Å². The van der Waals surface area contributed by atoms with Crippen molar-refractivity contribution in [3.8, 4) is 22.7 Å². The van der Waals surface area contributed by atoms with Crippen LogP contribution in [0.4, 0.5) is 10.5 Å². The van der Waals surface area contributed by atoms with Crippen LogP contribution in [0.25, 0.3) is 22.9 Å². The van der Waals surface area contributed by atoms with Crippen molar-refractivity contribution in [3.63, 3.8) is 0 Å². The molecule has 13 heteroatoms. The van der Waals surface area contributed by atoms with Crippen molar-refractivity contribution in [2.24, 2.45) is 0 Å². The van der Waals surface area contributed by atoms with E-state index < -0.39 is 12.1 Å². The number of tetrazole rings is 1. The summed E-state index contributed by atoms with van der Waals surface area (Å²) in [5.74, 6) is -0.0471. The molecule has 2 N–H and O–H groups in total. The van der Waals surface area contributed by atoms with Gasteiger partial charge in [-0.3, -0.25) is 10.1 Å². The highest BCUT2D eigenvalue weighted by Gasteiger charge is 2.20. The molecule has 0 bridgehead atoms. The Morgan fingerprint density at radius 1 is 1.00 bits per heavy atom. The van der Waals surface area contributed by atoms with Crippen molar-refractivity contribution >= 4 is 35.4 Å². The molecular weight excluding hydrogens is 584 g/mol. The summed E-state index contributed by atoms with van der Waals surface area (Å²) in [6.07, 6.45) is 4.41.